The SMILES string of the molecule is CCNC(=NCc1ccccc1C)NCc1csc(N(C)C)n1.I. The maximum Gasteiger partial charge on any atom is 0.191 e. The average molecular weight is 459 g/mol. The molecule has 0 aliphatic heterocycles. The molecule has 1 heterocycles. The Morgan fingerprint density at radius 2 is 2.00 bits per heavy atom. The molecule has 24 heavy (non-hydrogen) atoms. The number of aryl methyl sites for hydroxylation is 1. The van der Waals surface area contributed by atoms with E-state index in [4.69, 9.17) is 0 Å². The van der Waals surface area contributed by atoms with Gasteiger partial charge in [-0.15, -0.1) is 35.3 Å². The molecule has 1 aromatic heterocycles. The Morgan fingerprint density at radius 1 is 1.25 bits per heavy atom. The van der Waals surface area contributed by atoms with Gasteiger partial charge in [-0.1, -0.05) is 24.3 Å². The highest BCUT2D eigenvalue weighted by Crippen LogP contribution is 2.17. The Labute approximate surface area is 165 Å². The normalized spacial score (nSPS) is 10.9. The molecule has 0 amide bonds. The number of rotatable bonds is 6. The van der Waals surface area contributed by atoms with Gasteiger partial charge in [0.2, 0.25) is 0 Å². The van der Waals surface area contributed by atoms with Gasteiger partial charge in [0.05, 0.1) is 18.8 Å². The van der Waals surface area contributed by atoms with Crippen LogP contribution in [0.15, 0.2) is 34.6 Å². The molecule has 132 valence electrons. The molecule has 0 saturated heterocycles. The number of aromatic nitrogens is 1. The van der Waals surface area contributed by atoms with Crippen LogP contribution >= 0.6 is 35.3 Å². The van der Waals surface area contributed by atoms with Crippen molar-refractivity contribution in [3.8, 4) is 0 Å². The number of benzene rings is 1. The van der Waals surface area contributed by atoms with E-state index in [9.17, 15) is 0 Å². The largest absolute Gasteiger partial charge is 0.357 e. The molecule has 0 atom stereocenters. The van der Waals surface area contributed by atoms with E-state index in [0.29, 0.717) is 13.1 Å². The fourth-order valence-electron chi connectivity index (χ4n) is 2.05. The van der Waals surface area contributed by atoms with E-state index in [1.54, 1.807) is 11.3 Å². The lowest BCUT2D eigenvalue weighted by Crippen LogP contribution is -2.36. The molecule has 0 radical (unpaired) electrons. The lowest BCUT2D eigenvalue weighted by Gasteiger charge is -2.11. The van der Waals surface area contributed by atoms with Crippen LogP contribution in [0.25, 0.3) is 0 Å². The van der Waals surface area contributed by atoms with E-state index in [-0.39, 0.29) is 24.0 Å². The Morgan fingerprint density at radius 3 is 2.62 bits per heavy atom. The van der Waals surface area contributed by atoms with Gasteiger partial charge in [0.1, 0.15) is 0 Å². The molecule has 0 saturated carbocycles. The summed E-state index contributed by atoms with van der Waals surface area (Å²) in [5.41, 5.74) is 3.54. The molecule has 7 heteroatoms. The second-order valence-electron chi connectivity index (χ2n) is 5.49. The first kappa shape index (κ1) is 20.7. The highest BCUT2D eigenvalue weighted by atomic mass is 127. The molecule has 5 nitrogen and oxygen atoms in total. The standard InChI is InChI=1S/C17H25N5S.HI/c1-5-18-16(19-10-14-9-7-6-8-13(14)2)20-11-15-12-23-17(21-15)22(3)4;/h6-9,12H,5,10-11H2,1-4H3,(H2,18,19,20);1H. The first-order valence-electron chi connectivity index (χ1n) is 7.78. The fraction of sp³-hybridized carbons (Fsp3) is 0.412. The fourth-order valence-corrected chi connectivity index (χ4v) is 2.81. The summed E-state index contributed by atoms with van der Waals surface area (Å²) in [7, 11) is 4.01. The number of hydrogen-bond donors (Lipinski definition) is 2. The van der Waals surface area contributed by atoms with Crippen molar-refractivity contribution in [2.24, 2.45) is 4.99 Å². The van der Waals surface area contributed by atoms with Gasteiger partial charge >= 0.3 is 0 Å². The number of nitrogens with one attached hydrogen (secondary N) is 2. The molecule has 1 aromatic carbocycles. The number of halogens is 1. The van der Waals surface area contributed by atoms with Crippen LogP contribution in [0.4, 0.5) is 5.13 Å². The minimum atomic E-state index is 0. The molecule has 0 unspecified atom stereocenters. The summed E-state index contributed by atoms with van der Waals surface area (Å²) in [6, 6.07) is 8.34. The molecular weight excluding hydrogens is 433 g/mol. The summed E-state index contributed by atoms with van der Waals surface area (Å²) in [6.07, 6.45) is 0. The molecule has 2 aromatic rings. The molecule has 0 aliphatic rings. The van der Waals surface area contributed by atoms with Crippen LogP contribution in [-0.4, -0.2) is 31.6 Å². The maximum absolute atomic E-state index is 4.66. The zero-order valence-corrected chi connectivity index (χ0v) is 17.8. The summed E-state index contributed by atoms with van der Waals surface area (Å²) in [4.78, 5) is 11.3. The predicted molar refractivity (Wildman–Crippen MR) is 115 cm³/mol. The number of thiazole rings is 1. The average Bonchev–Trinajstić information content (AvgIpc) is 3.00. The van der Waals surface area contributed by atoms with Gasteiger partial charge < -0.3 is 15.5 Å². The number of hydrogen-bond acceptors (Lipinski definition) is 4. The minimum absolute atomic E-state index is 0. The van der Waals surface area contributed by atoms with Crippen molar-refractivity contribution in [1.82, 2.24) is 15.6 Å². The van der Waals surface area contributed by atoms with Crippen molar-refractivity contribution >= 4 is 46.4 Å². The highest BCUT2D eigenvalue weighted by molar-refractivity contribution is 14.0. The second-order valence-corrected chi connectivity index (χ2v) is 6.33. The van der Waals surface area contributed by atoms with Gasteiger partial charge in [-0.05, 0) is 25.0 Å². The zero-order chi connectivity index (χ0) is 16.7. The van der Waals surface area contributed by atoms with Crippen molar-refractivity contribution in [2.75, 3.05) is 25.5 Å². The monoisotopic (exact) mass is 459 g/mol. The van der Waals surface area contributed by atoms with Gasteiger partial charge in [-0.3, -0.25) is 0 Å². The number of aliphatic imine (C=N–C) groups is 1. The van der Waals surface area contributed by atoms with Gasteiger partial charge in [-0.25, -0.2) is 9.98 Å². The number of guanidine groups is 1. The first-order valence-corrected chi connectivity index (χ1v) is 8.66. The van der Waals surface area contributed by atoms with Crippen LogP contribution in [0, 0.1) is 6.92 Å². The summed E-state index contributed by atoms with van der Waals surface area (Å²) >= 11 is 1.65. The predicted octanol–water partition coefficient (Wildman–Crippen LogP) is 3.39. The molecule has 0 spiro atoms. The smallest absolute Gasteiger partial charge is 0.191 e. The topological polar surface area (TPSA) is 52.6 Å². The van der Waals surface area contributed by atoms with Gasteiger partial charge in [-0.2, -0.15) is 0 Å². The van der Waals surface area contributed by atoms with Crippen molar-refractivity contribution in [1.29, 1.82) is 0 Å². The molecule has 0 bridgehead atoms. The third kappa shape index (κ3) is 6.27. The van der Waals surface area contributed by atoms with Crippen LogP contribution in [0.1, 0.15) is 23.7 Å². The number of anilines is 1. The number of nitrogens with zero attached hydrogens (tertiary/aromatic N) is 3. The van der Waals surface area contributed by atoms with Crippen molar-refractivity contribution < 1.29 is 0 Å². The van der Waals surface area contributed by atoms with Crippen LogP contribution in [0.5, 0.6) is 0 Å². The maximum atomic E-state index is 4.66. The third-order valence-electron chi connectivity index (χ3n) is 3.37. The van der Waals surface area contributed by atoms with Gasteiger partial charge in [0, 0.05) is 26.0 Å². The first-order chi connectivity index (χ1) is 11.1. The van der Waals surface area contributed by atoms with Gasteiger partial charge in [0.25, 0.3) is 0 Å². The molecular formula is C17H26IN5S. The van der Waals surface area contributed by atoms with Crippen LogP contribution in [-0.2, 0) is 13.1 Å². The van der Waals surface area contributed by atoms with E-state index in [0.717, 1.165) is 23.3 Å². The van der Waals surface area contributed by atoms with Crippen molar-refractivity contribution in [3.05, 3.63) is 46.5 Å². The van der Waals surface area contributed by atoms with E-state index >= 15 is 0 Å². The van der Waals surface area contributed by atoms with E-state index in [1.165, 1.54) is 11.1 Å². The van der Waals surface area contributed by atoms with Crippen LogP contribution in [0.3, 0.4) is 0 Å². The summed E-state index contributed by atoms with van der Waals surface area (Å²) < 4.78 is 0. The molecule has 2 N–H and O–H groups in total. The molecule has 0 aliphatic carbocycles. The highest BCUT2D eigenvalue weighted by Gasteiger charge is 2.05. The lowest BCUT2D eigenvalue weighted by molar-refractivity contribution is 0.802. The molecule has 2 rings (SSSR count). The Hall–Kier alpha value is -1.35. The zero-order valence-electron chi connectivity index (χ0n) is 14.7. The van der Waals surface area contributed by atoms with E-state index < -0.39 is 0 Å². The Bertz CT molecular complexity index is 654. The van der Waals surface area contributed by atoms with Crippen molar-refractivity contribution in [2.45, 2.75) is 26.9 Å². The van der Waals surface area contributed by atoms with Crippen LogP contribution in [0.2, 0.25) is 0 Å². The summed E-state index contributed by atoms with van der Waals surface area (Å²) in [5.74, 6) is 0.815. The Balaban J connectivity index is 0.00000288. The summed E-state index contributed by atoms with van der Waals surface area (Å²) in [6.45, 7) is 6.35. The van der Waals surface area contributed by atoms with Crippen LogP contribution < -0.4 is 15.5 Å². The minimum Gasteiger partial charge on any atom is -0.357 e. The summed E-state index contributed by atoms with van der Waals surface area (Å²) in [5, 5.41) is 9.71. The van der Waals surface area contributed by atoms with E-state index in [2.05, 4.69) is 64.1 Å². The third-order valence-corrected chi connectivity index (χ3v) is 4.43. The quantitative estimate of drug-likeness (QED) is 0.395. The Kier molecular flexibility index (Phi) is 9.05. The van der Waals surface area contributed by atoms with Gasteiger partial charge in [0.15, 0.2) is 11.1 Å². The molecule has 0 fully saturated rings. The second kappa shape index (κ2) is 10.5. The van der Waals surface area contributed by atoms with Crippen molar-refractivity contribution in [3.63, 3.8) is 0 Å². The lowest BCUT2D eigenvalue weighted by atomic mass is 10.1. The van der Waals surface area contributed by atoms with E-state index in [1.807, 2.05) is 19.0 Å².